The molecule has 0 spiro atoms. The third-order valence-electron chi connectivity index (χ3n) is 7.08. The molecule has 4 amide bonds. The molecule has 4 aromatic rings. The molecule has 2 aromatic heterocycles. The second-order valence-electron chi connectivity index (χ2n) is 11.4. The van der Waals surface area contributed by atoms with E-state index in [1.54, 1.807) is 57.3 Å². The number of aromatic nitrogens is 1. The Morgan fingerprint density at radius 2 is 1.79 bits per heavy atom. The van der Waals surface area contributed by atoms with Gasteiger partial charge in [0.1, 0.15) is 26.8 Å². The van der Waals surface area contributed by atoms with Crippen molar-refractivity contribution in [3.8, 4) is 11.5 Å². The minimum absolute atomic E-state index is 0.0334. The van der Waals surface area contributed by atoms with Crippen LogP contribution in [-0.2, 0) is 4.74 Å². The Morgan fingerprint density at radius 1 is 1.07 bits per heavy atom. The molecule has 222 valence electrons. The first-order chi connectivity index (χ1) is 20.6. The number of hydrogen-bond acceptors (Lipinski definition) is 8. The summed E-state index contributed by atoms with van der Waals surface area (Å²) in [5.41, 5.74) is 0.948. The quantitative estimate of drug-likeness (QED) is 0.260. The molecule has 2 aliphatic rings. The van der Waals surface area contributed by atoms with E-state index in [4.69, 9.17) is 9.47 Å². The predicted octanol–water partition coefficient (Wildman–Crippen LogP) is 5.87. The molecule has 4 heterocycles. The number of para-hydroxylation sites is 1. The van der Waals surface area contributed by atoms with Gasteiger partial charge in [-0.05, 0) is 69.7 Å². The minimum Gasteiger partial charge on any atom is -0.457 e. The summed E-state index contributed by atoms with van der Waals surface area (Å²) in [4.78, 5) is 47.6. The number of piperidine rings is 1. The van der Waals surface area contributed by atoms with Crippen LogP contribution in [0.25, 0.3) is 10.2 Å². The van der Waals surface area contributed by atoms with Crippen LogP contribution in [0.4, 0.5) is 26.7 Å². The maximum absolute atomic E-state index is 13.5. The molecule has 1 fully saturated rings. The number of ether oxygens (including phenoxy) is 2. The van der Waals surface area contributed by atoms with Gasteiger partial charge in [0.25, 0.3) is 5.91 Å². The Hall–Kier alpha value is -4.68. The SMILES string of the molecule is CC(C)(C)OC(=O)N1CC[C@H](NC(=O)c2sc3nccc4c3c2NC(=O)N4c2ccc(Oc3ccccc3)cc2)[C@@H](O)C1. The molecule has 43 heavy (non-hydrogen) atoms. The van der Waals surface area contributed by atoms with Gasteiger partial charge in [-0.2, -0.15) is 0 Å². The lowest BCUT2D eigenvalue weighted by atomic mass is 10.0. The number of rotatable bonds is 5. The number of carbonyl (C=O) groups is 3. The largest absolute Gasteiger partial charge is 0.457 e. The van der Waals surface area contributed by atoms with Crippen LogP contribution < -0.4 is 20.3 Å². The van der Waals surface area contributed by atoms with Gasteiger partial charge in [-0.25, -0.2) is 14.6 Å². The molecule has 0 bridgehead atoms. The second-order valence-corrected chi connectivity index (χ2v) is 12.4. The number of amides is 4. The highest BCUT2D eigenvalue weighted by atomic mass is 32.1. The summed E-state index contributed by atoms with van der Waals surface area (Å²) in [5.74, 6) is 0.896. The number of nitrogens with zero attached hydrogens (tertiary/aromatic N) is 3. The van der Waals surface area contributed by atoms with E-state index in [1.807, 2.05) is 30.3 Å². The molecular formula is C31H31N5O6S. The third-order valence-corrected chi connectivity index (χ3v) is 8.17. The molecule has 6 rings (SSSR count). The van der Waals surface area contributed by atoms with Crippen LogP contribution >= 0.6 is 11.3 Å². The topological polar surface area (TPSA) is 133 Å². The molecule has 2 aliphatic heterocycles. The number of urea groups is 1. The van der Waals surface area contributed by atoms with E-state index in [9.17, 15) is 19.5 Å². The molecule has 11 nitrogen and oxygen atoms in total. The summed E-state index contributed by atoms with van der Waals surface area (Å²) in [6.45, 7) is 5.69. The van der Waals surface area contributed by atoms with Gasteiger partial charge >= 0.3 is 12.1 Å². The highest BCUT2D eigenvalue weighted by Gasteiger charge is 2.36. The maximum atomic E-state index is 13.5. The average Bonchev–Trinajstić information content (AvgIpc) is 3.34. The highest BCUT2D eigenvalue weighted by Crippen LogP contribution is 2.46. The van der Waals surface area contributed by atoms with Crippen molar-refractivity contribution in [1.82, 2.24) is 15.2 Å². The van der Waals surface area contributed by atoms with E-state index in [0.29, 0.717) is 51.7 Å². The third kappa shape index (κ3) is 5.84. The van der Waals surface area contributed by atoms with Crippen molar-refractivity contribution in [3.63, 3.8) is 0 Å². The molecule has 3 N–H and O–H groups in total. The van der Waals surface area contributed by atoms with E-state index in [1.165, 1.54) is 9.80 Å². The molecule has 2 aromatic carbocycles. The lowest BCUT2D eigenvalue weighted by molar-refractivity contribution is -0.00406. The van der Waals surface area contributed by atoms with E-state index < -0.39 is 35.8 Å². The van der Waals surface area contributed by atoms with E-state index in [0.717, 1.165) is 11.3 Å². The van der Waals surface area contributed by atoms with Crippen molar-refractivity contribution in [2.75, 3.05) is 23.3 Å². The summed E-state index contributed by atoms with van der Waals surface area (Å²) in [7, 11) is 0. The summed E-state index contributed by atoms with van der Waals surface area (Å²) in [6, 6.07) is 17.3. The fourth-order valence-corrected chi connectivity index (χ4v) is 6.14. The average molecular weight is 602 g/mol. The number of aliphatic hydroxyl groups is 1. The normalized spacial score (nSPS) is 18.3. The molecule has 0 aliphatic carbocycles. The first-order valence-corrected chi connectivity index (χ1v) is 14.7. The number of pyridine rings is 1. The molecule has 0 unspecified atom stereocenters. The number of thiophene rings is 1. The van der Waals surface area contributed by atoms with Gasteiger partial charge < -0.3 is 30.1 Å². The summed E-state index contributed by atoms with van der Waals surface area (Å²) in [5, 5.41) is 17.2. The van der Waals surface area contributed by atoms with Crippen LogP contribution in [-0.4, -0.2) is 63.9 Å². The molecule has 2 atom stereocenters. The number of benzene rings is 2. The zero-order chi connectivity index (χ0) is 30.3. The van der Waals surface area contributed by atoms with E-state index >= 15 is 0 Å². The Kier molecular flexibility index (Phi) is 7.40. The summed E-state index contributed by atoms with van der Waals surface area (Å²) < 4.78 is 11.3. The van der Waals surface area contributed by atoms with Crippen molar-refractivity contribution in [3.05, 3.63) is 71.7 Å². The van der Waals surface area contributed by atoms with Crippen LogP contribution in [0.3, 0.4) is 0 Å². The summed E-state index contributed by atoms with van der Waals surface area (Å²) in [6.07, 6.45) is 0.465. The fraction of sp³-hybridized carbons (Fsp3) is 0.290. The van der Waals surface area contributed by atoms with Gasteiger partial charge in [0, 0.05) is 12.7 Å². The first-order valence-electron chi connectivity index (χ1n) is 13.9. The van der Waals surface area contributed by atoms with Gasteiger partial charge in [0.2, 0.25) is 0 Å². The number of β-amino-alcohol motifs (C(OH)–C–C–N with tert-alkyl or cyclic N) is 1. The first kappa shape index (κ1) is 28.4. The Labute approximate surface area is 252 Å². The van der Waals surface area contributed by atoms with Crippen molar-refractivity contribution in [1.29, 1.82) is 0 Å². The number of anilines is 3. The lowest BCUT2D eigenvalue weighted by Crippen LogP contribution is -2.55. The Bertz CT molecular complexity index is 1680. The van der Waals surface area contributed by atoms with Crippen molar-refractivity contribution in [2.24, 2.45) is 0 Å². The fourth-order valence-electron chi connectivity index (χ4n) is 5.11. The maximum Gasteiger partial charge on any atom is 0.410 e. The number of hydrogen-bond donors (Lipinski definition) is 3. The van der Waals surface area contributed by atoms with Crippen LogP contribution in [0.2, 0.25) is 0 Å². The summed E-state index contributed by atoms with van der Waals surface area (Å²) >= 11 is 1.16. The number of nitrogens with one attached hydrogen (secondary N) is 2. The highest BCUT2D eigenvalue weighted by molar-refractivity contribution is 7.21. The van der Waals surface area contributed by atoms with Gasteiger partial charge in [-0.15, -0.1) is 11.3 Å². The smallest absolute Gasteiger partial charge is 0.410 e. The van der Waals surface area contributed by atoms with Gasteiger partial charge in [0.15, 0.2) is 0 Å². The van der Waals surface area contributed by atoms with Crippen LogP contribution in [0.1, 0.15) is 36.9 Å². The number of likely N-dealkylation sites (tertiary alicyclic amines) is 1. The lowest BCUT2D eigenvalue weighted by Gasteiger charge is -2.36. The zero-order valence-corrected chi connectivity index (χ0v) is 24.7. The van der Waals surface area contributed by atoms with E-state index in [-0.39, 0.29) is 11.4 Å². The predicted molar refractivity (Wildman–Crippen MR) is 163 cm³/mol. The van der Waals surface area contributed by atoms with Crippen molar-refractivity contribution < 1.29 is 29.0 Å². The monoisotopic (exact) mass is 601 g/mol. The van der Waals surface area contributed by atoms with E-state index in [2.05, 4.69) is 15.6 Å². The van der Waals surface area contributed by atoms with Crippen molar-refractivity contribution >= 4 is 56.6 Å². The van der Waals surface area contributed by atoms with Crippen LogP contribution in [0.5, 0.6) is 11.5 Å². The number of aliphatic hydroxyl groups excluding tert-OH is 1. The molecule has 0 saturated carbocycles. The van der Waals surface area contributed by atoms with Gasteiger partial charge in [-0.1, -0.05) is 18.2 Å². The molecule has 0 radical (unpaired) electrons. The number of carbonyl (C=O) groups excluding carboxylic acids is 3. The molecular weight excluding hydrogens is 570 g/mol. The van der Waals surface area contributed by atoms with Crippen LogP contribution in [0.15, 0.2) is 66.9 Å². The Morgan fingerprint density at radius 3 is 2.49 bits per heavy atom. The van der Waals surface area contributed by atoms with Crippen molar-refractivity contribution in [2.45, 2.75) is 44.9 Å². The van der Waals surface area contributed by atoms with Gasteiger partial charge in [-0.3, -0.25) is 9.69 Å². The molecule has 12 heteroatoms. The van der Waals surface area contributed by atoms with Crippen LogP contribution in [0, 0.1) is 0 Å². The molecule has 1 saturated heterocycles. The second kappa shape index (κ2) is 11.2. The standard InChI is InChI=1S/C31H31N5O6S/c1-31(2,3)42-30(40)35-16-14-21(23(37)17-35)33-27(38)26-25-24-22(13-15-32-28(24)43-26)36(29(39)34-25)18-9-11-20(12-10-18)41-19-7-5-4-6-8-19/h4-13,15,21,23,37H,14,16-17H2,1-3H3,(H,33,38)(H,34,39)/t21-,23-/m0/s1. The zero-order valence-electron chi connectivity index (χ0n) is 23.9. The Balaban J connectivity index is 1.20. The van der Waals surface area contributed by atoms with Gasteiger partial charge in [0.05, 0.1) is 41.1 Å². The minimum atomic E-state index is -0.983.